The summed E-state index contributed by atoms with van der Waals surface area (Å²) in [6.07, 6.45) is 0. The number of hydrogen-bond acceptors (Lipinski definition) is 4. The molecule has 0 radical (unpaired) electrons. The molecule has 0 spiro atoms. The van der Waals surface area contributed by atoms with Gasteiger partial charge < -0.3 is 10.4 Å². The van der Waals surface area contributed by atoms with Crippen molar-refractivity contribution in [1.29, 1.82) is 0 Å². The molecule has 0 aromatic heterocycles. The summed E-state index contributed by atoms with van der Waals surface area (Å²) in [6, 6.07) is 4.73. The van der Waals surface area contributed by atoms with E-state index < -0.39 is 38.5 Å². The predicted octanol–water partition coefficient (Wildman–Crippen LogP) is 0.652. The van der Waals surface area contributed by atoms with Gasteiger partial charge in [0.25, 0.3) is 0 Å². The van der Waals surface area contributed by atoms with Gasteiger partial charge in [-0.05, 0) is 31.2 Å². The zero-order valence-electron chi connectivity index (χ0n) is 9.96. The first kappa shape index (κ1) is 15.1. The number of sulfone groups is 1. The molecule has 1 aromatic carbocycles. The van der Waals surface area contributed by atoms with Crippen LogP contribution in [0.25, 0.3) is 0 Å². The lowest BCUT2D eigenvalue weighted by Crippen LogP contribution is -2.34. The summed E-state index contributed by atoms with van der Waals surface area (Å²) in [5.41, 5.74) is 0.226. The summed E-state index contributed by atoms with van der Waals surface area (Å²) < 4.78 is 35.7. The molecule has 8 heteroatoms. The number of nitrogens with one attached hydrogen (secondary N) is 1. The fourth-order valence-corrected chi connectivity index (χ4v) is 2.19. The van der Waals surface area contributed by atoms with Crippen molar-refractivity contribution < 1.29 is 27.5 Å². The van der Waals surface area contributed by atoms with Crippen LogP contribution < -0.4 is 5.32 Å². The molecule has 0 bridgehead atoms. The number of carboxylic acid groups (broad SMARTS) is 1. The van der Waals surface area contributed by atoms with Gasteiger partial charge in [-0.2, -0.15) is 0 Å². The van der Waals surface area contributed by atoms with Gasteiger partial charge >= 0.3 is 5.97 Å². The highest BCUT2D eigenvalue weighted by molar-refractivity contribution is 7.93. The molecule has 19 heavy (non-hydrogen) atoms. The lowest BCUT2D eigenvalue weighted by molar-refractivity contribution is -0.136. The largest absolute Gasteiger partial charge is 0.480 e. The molecule has 1 amide bonds. The first-order chi connectivity index (χ1) is 8.72. The second-order valence-corrected chi connectivity index (χ2v) is 6.16. The quantitative estimate of drug-likeness (QED) is 0.829. The number of hydrogen-bond donors (Lipinski definition) is 2. The maximum atomic E-state index is 12.6. The van der Waals surface area contributed by atoms with E-state index in [9.17, 15) is 22.4 Å². The summed E-state index contributed by atoms with van der Waals surface area (Å²) in [7, 11) is -4.07. The van der Waals surface area contributed by atoms with Crippen molar-refractivity contribution in [2.24, 2.45) is 0 Å². The molecule has 6 nitrogen and oxygen atoms in total. The maximum absolute atomic E-state index is 12.6. The van der Waals surface area contributed by atoms with E-state index >= 15 is 0 Å². The molecule has 0 aliphatic rings. The van der Waals surface area contributed by atoms with Gasteiger partial charge in [-0.1, -0.05) is 0 Å². The van der Waals surface area contributed by atoms with Gasteiger partial charge in [-0.3, -0.25) is 9.59 Å². The molecule has 0 fully saturated rings. The van der Waals surface area contributed by atoms with Crippen LogP contribution in [0.15, 0.2) is 24.3 Å². The maximum Gasteiger partial charge on any atom is 0.321 e. The molecular formula is C11H12FNO5S. The minimum atomic E-state index is -4.07. The van der Waals surface area contributed by atoms with Crippen LogP contribution in [-0.2, 0) is 19.4 Å². The normalized spacial score (nSPS) is 12.7. The second-order valence-electron chi connectivity index (χ2n) is 3.84. The van der Waals surface area contributed by atoms with Gasteiger partial charge in [0.2, 0.25) is 5.91 Å². The van der Waals surface area contributed by atoms with Crippen molar-refractivity contribution in [3.05, 3.63) is 30.1 Å². The number of carboxylic acids is 1. The fraction of sp³-hybridized carbons (Fsp3) is 0.273. The molecule has 0 heterocycles. The Hall–Kier alpha value is -1.96. The highest BCUT2D eigenvalue weighted by Gasteiger charge is 2.29. The van der Waals surface area contributed by atoms with Gasteiger partial charge in [0.15, 0.2) is 15.1 Å². The molecule has 0 saturated heterocycles. The molecule has 104 valence electrons. The summed E-state index contributed by atoms with van der Waals surface area (Å²) in [4.78, 5) is 22.0. The summed E-state index contributed by atoms with van der Waals surface area (Å²) in [5, 5.41) is 9.18. The second kappa shape index (κ2) is 5.79. The zero-order chi connectivity index (χ0) is 14.6. The van der Waals surface area contributed by atoms with Gasteiger partial charge in [0, 0.05) is 5.69 Å². The average molecular weight is 289 g/mol. The third kappa shape index (κ3) is 4.32. The van der Waals surface area contributed by atoms with E-state index in [0.717, 1.165) is 19.1 Å². The molecular weight excluding hydrogens is 277 g/mol. The van der Waals surface area contributed by atoms with Crippen LogP contribution in [0, 0.1) is 5.82 Å². The lowest BCUT2D eigenvalue weighted by Gasteiger charge is -2.09. The van der Waals surface area contributed by atoms with E-state index in [1.165, 1.54) is 12.1 Å². The lowest BCUT2D eigenvalue weighted by atomic mass is 10.3. The number of anilines is 1. The molecule has 1 aromatic rings. The highest BCUT2D eigenvalue weighted by atomic mass is 32.2. The molecule has 1 rings (SSSR count). The Balaban J connectivity index is 2.70. The average Bonchev–Trinajstić information content (AvgIpc) is 2.30. The van der Waals surface area contributed by atoms with Crippen molar-refractivity contribution >= 4 is 27.4 Å². The van der Waals surface area contributed by atoms with Crippen molar-refractivity contribution in [2.45, 2.75) is 12.2 Å². The summed E-state index contributed by atoms with van der Waals surface area (Å²) >= 11 is 0. The van der Waals surface area contributed by atoms with Crippen LogP contribution >= 0.6 is 0 Å². The van der Waals surface area contributed by atoms with Crippen LogP contribution in [0.2, 0.25) is 0 Å². The Morgan fingerprint density at radius 2 is 1.84 bits per heavy atom. The Kier molecular flexibility index (Phi) is 4.60. The molecule has 2 N–H and O–H groups in total. The van der Waals surface area contributed by atoms with Crippen molar-refractivity contribution in [3.63, 3.8) is 0 Å². The number of amides is 1. The van der Waals surface area contributed by atoms with Crippen LogP contribution in [-0.4, -0.2) is 36.4 Å². The summed E-state index contributed by atoms with van der Waals surface area (Å²) in [5.74, 6) is -3.84. The number of benzene rings is 1. The molecule has 1 unspecified atom stereocenters. The first-order valence-electron chi connectivity index (χ1n) is 5.22. The number of carbonyl (C=O) groups is 2. The number of aliphatic carboxylic acids is 1. The van der Waals surface area contributed by atoms with E-state index in [2.05, 4.69) is 5.32 Å². The van der Waals surface area contributed by atoms with Gasteiger partial charge in [0.05, 0.1) is 0 Å². The third-order valence-corrected chi connectivity index (χ3v) is 4.29. The van der Waals surface area contributed by atoms with Gasteiger partial charge in [0.1, 0.15) is 11.6 Å². The number of rotatable bonds is 5. The van der Waals surface area contributed by atoms with Crippen molar-refractivity contribution in [1.82, 2.24) is 0 Å². The van der Waals surface area contributed by atoms with E-state index in [-0.39, 0.29) is 5.69 Å². The molecule has 0 aliphatic heterocycles. The topological polar surface area (TPSA) is 101 Å². The van der Waals surface area contributed by atoms with Crippen molar-refractivity contribution in [3.8, 4) is 0 Å². The highest BCUT2D eigenvalue weighted by Crippen LogP contribution is 2.09. The summed E-state index contributed by atoms with van der Waals surface area (Å²) in [6.45, 7) is 0.989. The Morgan fingerprint density at radius 1 is 1.32 bits per heavy atom. The third-order valence-electron chi connectivity index (χ3n) is 2.35. The Bertz CT molecular complexity index is 582. The fourth-order valence-electron chi connectivity index (χ4n) is 1.19. The molecule has 0 aliphatic carbocycles. The predicted molar refractivity (Wildman–Crippen MR) is 65.9 cm³/mol. The van der Waals surface area contributed by atoms with Gasteiger partial charge in [-0.15, -0.1) is 0 Å². The van der Waals surface area contributed by atoms with Crippen LogP contribution in [0.5, 0.6) is 0 Å². The minimum absolute atomic E-state index is 0.226. The van der Waals surface area contributed by atoms with Crippen LogP contribution in [0.3, 0.4) is 0 Å². The zero-order valence-corrected chi connectivity index (χ0v) is 10.8. The smallest absolute Gasteiger partial charge is 0.321 e. The standard InChI is InChI=1S/C11H12FNO5S/c1-7(11(15)16)19(17,18)6-10(14)13-9-4-2-8(12)3-5-9/h2-5,7H,6H2,1H3,(H,13,14)(H,15,16). The van der Waals surface area contributed by atoms with Crippen molar-refractivity contribution in [2.75, 3.05) is 11.1 Å². The van der Waals surface area contributed by atoms with Gasteiger partial charge in [-0.25, -0.2) is 12.8 Å². The van der Waals surface area contributed by atoms with Crippen LogP contribution in [0.4, 0.5) is 10.1 Å². The van der Waals surface area contributed by atoms with Crippen LogP contribution in [0.1, 0.15) is 6.92 Å². The monoisotopic (exact) mass is 289 g/mol. The number of carbonyl (C=O) groups excluding carboxylic acids is 1. The Labute approximate surface area is 109 Å². The van der Waals surface area contributed by atoms with E-state index in [1.54, 1.807) is 0 Å². The number of halogens is 1. The Morgan fingerprint density at radius 3 is 2.32 bits per heavy atom. The van der Waals surface area contributed by atoms with E-state index in [1.807, 2.05) is 0 Å². The minimum Gasteiger partial charge on any atom is -0.480 e. The first-order valence-corrected chi connectivity index (χ1v) is 6.93. The molecule has 0 saturated carbocycles. The molecule has 1 atom stereocenters. The van der Waals surface area contributed by atoms with E-state index in [4.69, 9.17) is 5.11 Å². The SMILES string of the molecule is CC(C(=O)O)S(=O)(=O)CC(=O)Nc1ccc(F)cc1. The van der Waals surface area contributed by atoms with E-state index in [0.29, 0.717) is 0 Å².